The van der Waals surface area contributed by atoms with Gasteiger partial charge in [0.05, 0.1) is 32.2 Å². The SMILES string of the molecule is NCCCC(=O)Nc1c(F)ccc(NC(=O)c2cc(NC(=O)[C@H]3[C@H](c4ccc(Cl)c(Cl)c4)C3(Cl)Cl)ccc2Cl)c1F. The van der Waals surface area contributed by atoms with Crippen molar-refractivity contribution in [1.29, 1.82) is 0 Å². The van der Waals surface area contributed by atoms with Gasteiger partial charge in [0.15, 0.2) is 5.82 Å². The van der Waals surface area contributed by atoms with Crippen molar-refractivity contribution in [1.82, 2.24) is 0 Å². The van der Waals surface area contributed by atoms with Crippen LogP contribution in [0.25, 0.3) is 0 Å². The second-order valence-corrected chi connectivity index (χ2v) is 11.8. The standard InChI is InChI=1S/C27H21Cl5F2N4O3/c28-15-6-4-13(36-26(41)22-21(27(22,31)32)12-3-5-16(29)17(30)10-12)11-14(15)25(40)37-19-8-7-18(33)24(23(19)34)38-20(39)2-1-9-35/h3-8,10-11,21-22H,1-2,9,35H2,(H,36,41)(H,37,40)(H,38,39)/t21-,22+/m0/s1. The molecule has 4 rings (SSSR count). The first kappa shape index (κ1) is 31.3. The number of benzene rings is 3. The number of anilines is 3. The van der Waals surface area contributed by atoms with Crippen LogP contribution in [0.4, 0.5) is 25.8 Å². The van der Waals surface area contributed by atoms with Crippen LogP contribution >= 0.6 is 58.0 Å². The van der Waals surface area contributed by atoms with E-state index >= 15 is 4.39 Å². The van der Waals surface area contributed by atoms with Crippen LogP contribution in [-0.4, -0.2) is 28.6 Å². The summed E-state index contributed by atoms with van der Waals surface area (Å²) in [7, 11) is 0. The third kappa shape index (κ3) is 6.88. The normalized spacial score (nSPS) is 17.1. The van der Waals surface area contributed by atoms with E-state index in [1.807, 2.05) is 0 Å². The maximum Gasteiger partial charge on any atom is 0.257 e. The zero-order valence-corrected chi connectivity index (χ0v) is 24.6. The highest BCUT2D eigenvalue weighted by atomic mass is 35.5. The highest BCUT2D eigenvalue weighted by molar-refractivity contribution is 6.53. The van der Waals surface area contributed by atoms with E-state index in [9.17, 15) is 18.8 Å². The number of nitrogens with one attached hydrogen (secondary N) is 3. The second kappa shape index (κ2) is 12.7. The van der Waals surface area contributed by atoms with E-state index < -0.39 is 56.9 Å². The molecule has 0 saturated heterocycles. The molecule has 3 aromatic carbocycles. The van der Waals surface area contributed by atoms with Gasteiger partial charge >= 0.3 is 0 Å². The Morgan fingerprint density at radius 1 is 0.878 bits per heavy atom. The smallest absolute Gasteiger partial charge is 0.257 e. The Balaban J connectivity index is 1.49. The number of hydrogen-bond acceptors (Lipinski definition) is 4. The van der Waals surface area contributed by atoms with Gasteiger partial charge in [0, 0.05) is 18.0 Å². The number of halogens is 7. The van der Waals surface area contributed by atoms with Crippen LogP contribution < -0.4 is 21.7 Å². The number of alkyl halides is 2. The van der Waals surface area contributed by atoms with Crippen LogP contribution in [0.1, 0.15) is 34.7 Å². The molecule has 0 heterocycles. The molecule has 0 aliphatic heterocycles. The molecule has 1 aliphatic carbocycles. The largest absolute Gasteiger partial charge is 0.330 e. The molecular weight excluding hydrogens is 644 g/mol. The lowest BCUT2D eigenvalue weighted by molar-refractivity contribution is -0.117. The molecule has 0 radical (unpaired) electrons. The quantitative estimate of drug-likeness (QED) is 0.179. The Bertz CT molecular complexity index is 1540. The van der Waals surface area contributed by atoms with Crippen LogP contribution in [0.15, 0.2) is 48.5 Å². The van der Waals surface area contributed by atoms with E-state index in [1.165, 1.54) is 18.2 Å². The van der Waals surface area contributed by atoms with E-state index in [0.29, 0.717) is 17.0 Å². The van der Waals surface area contributed by atoms with Gasteiger partial charge in [-0.3, -0.25) is 14.4 Å². The highest BCUT2D eigenvalue weighted by Gasteiger charge is 2.67. The maximum absolute atomic E-state index is 15.0. The summed E-state index contributed by atoms with van der Waals surface area (Å²) < 4.78 is 27.8. The van der Waals surface area contributed by atoms with Crippen molar-refractivity contribution in [3.8, 4) is 0 Å². The minimum atomic E-state index is -1.41. The molecule has 5 N–H and O–H groups in total. The lowest BCUT2D eigenvalue weighted by Crippen LogP contribution is -2.19. The first-order valence-electron chi connectivity index (χ1n) is 12.1. The van der Waals surface area contributed by atoms with Gasteiger partial charge in [0.2, 0.25) is 11.8 Å². The summed E-state index contributed by atoms with van der Waals surface area (Å²) in [4.78, 5) is 38.0. The average Bonchev–Trinajstić information content (AvgIpc) is 3.51. The molecule has 14 heteroatoms. The molecule has 1 saturated carbocycles. The number of nitrogens with two attached hydrogens (primary N) is 1. The Hall–Kier alpha value is -2.66. The van der Waals surface area contributed by atoms with E-state index in [-0.39, 0.29) is 34.3 Å². The van der Waals surface area contributed by atoms with Crippen molar-refractivity contribution in [2.45, 2.75) is 23.1 Å². The van der Waals surface area contributed by atoms with Gasteiger partial charge < -0.3 is 21.7 Å². The van der Waals surface area contributed by atoms with Crippen LogP contribution in [0.2, 0.25) is 15.1 Å². The molecule has 41 heavy (non-hydrogen) atoms. The third-order valence-electron chi connectivity index (χ3n) is 6.33. The number of amides is 3. The Morgan fingerprint density at radius 3 is 2.27 bits per heavy atom. The van der Waals surface area contributed by atoms with Crippen molar-refractivity contribution >= 4 is 92.8 Å². The summed E-state index contributed by atoms with van der Waals surface area (Å²) in [5.74, 6) is -5.66. The number of rotatable bonds is 9. The fourth-order valence-electron chi connectivity index (χ4n) is 4.19. The first-order valence-corrected chi connectivity index (χ1v) is 14.0. The zero-order valence-electron chi connectivity index (χ0n) is 20.8. The maximum atomic E-state index is 15.0. The molecule has 0 unspecified atom stereocenters. The number of carbonyl (C=O) groups excluding carboxylic acids is 3. The van der Waals surface area contributed by atoms with Gasteiger partial charge in [0.25, 0.3) is 5.91 Å². The van der Waals surface area contributed by atoms with Crippen LogP contribution in [0.5, 0.6) is 0 Å². The monoisotopic (exact) mass is 662 g/mol. The van der Waals surface area contributed by atoms with Gasteiger partial charge in [0.1, 0.15) is 15.8 Å². The lowest BCUT2D eigenvalue weighted by Gasteiger charge is -2.13. The Labute approximate surface area is 258 Å². The van der Waals surface area contributed by atoms with Crippen molar-refractivity contribution in [2.75, 3.05) is 22.5 Å². The summed E-state index contributed by atoms with van der Waals surface area (Å²) in [6, 6.07) is 10.8. The van der Waals surface area contributed by atoms with Gasteiger partial charge in [-0.05, 0) is 61.0 Å². The molecule has 0 bridgehead atoms. The third-order valence-corrected chi connectivity index (χ3v) is 8.34. The van der Waals surface area contributed by atoms with E-state index in [4.69, 9.17) is 63.7 Å². The van der Waals surface area contributed by atoms with Crippen LogP contribution in [0, 0.1) is 17.6 Å². The summed E-state index contributed by atoms with van der Waals surface area (Å²) in [5.41, 5.74) is 4.90. The van der Waals surface area contributed by atoms with Crippen molar-refractivity contribution in [3.05, 3.63) is 86.4 Å². The molecule has 216 valence electrons. The predicted octanol–water partition coefficient (Wildman–Crippen LogP) is 7.38. The van der Waals surface area contributed by atoms with Crippen molar-refractivity contribution in [2.24, 2.45) is 11.7 Å². The van der Waals surface area contributed by atoms with E-state index in [1.54, 1.807) is 18.2 Å². The molecule has 1 fully saturated rings. The summed E-state index contributed by atoms with van der Waals surface area (Å²) in [6.45, 7) is 0.228. The minimum absolute atomic E-state index is 0.0116. The van der Waals surface area contributed by atoms with Crippen molar-refractivity contribution in [3.63, 3.8) is 0 Å². The Kier molecular flexibility index (Phi) is 9.68. The topological polar surface area (TPSA) is 113 Å². The van der Waals surface area contributed by atoms with Gasteiger partial charge in [-0.15, -0.1) is 23.2 Å². The Morgan fingerprint density at radius 2 is 1.59 bits per heavy atom. The molecule has 7 nitrogen and oxygen atoms in total. The predicted molar refractivity (Wildman–Crippen MR) is 158 cm³/mol. The minimum Gasteiger partial charge on any atom is -0.330 e. The zero-order chi connectivity index (χ0) is 30.1. The van der Waals surface area contributed by atoms with Crippen molar-refractivity contribution < 1.29 is 23.2 Å². The van der Waals surface area contributed by atoms with Gasteiger partial charge in [-0.2, -0.15) is 0 Å². The summed E-state index contributed by atoms with van der Waals surface area (Å²) in [5, 5.41) is 7.71. The summed E-state index contributed by atoms with van der Waals surface area (Å²) in [6.07, 6.45) is 0.286. The molecular formula is C27H21Cl5F2N4O3. The second-order valence-electron chi connectivity index (χ2n) is 9.17. The molecule has 3 aromatic rings. The number of carbonyl (C=O) groups is 3. The van der Waals surface area contributed by atoms with Crippen LogP contribution in [-0.2, 0) is 9.59 Å². The van der Waals surface area contributed by atoms with Crippen LogP contribution in [0.3, 0.4) is 0 Å². The molecule has 3 amide bonds. The fourth-order valence-corrected chi connectivity index (χ4v) is 5.53. The van der Waals surface area contributed by atoms with E-state index in [2.05, 4.69) is 16.0 Å². The molecule has 1 aliphatic rings. The van der Waals surface area contributed by atoms with Gasteiger partial charge in [-0.1, -0.05) is 40.9 Å². The van der Waals surface area contributed by atoms with Gasteiger partial charge in [-0.25, -0.2) is 8.78 Å². The summed E-state index contributed by atoms with van der Waals surface area (Å²) >= 11 is 31.1. The highest BCUT2D eigenvalue weighted by Crippen LogP contribution is 2.65. The molecule has 0 spiro atoms. The average molecular weight is 665 g/mol. The molecule has 2 atom stereocenters. The first-order chi connectivity index (χ1) is 19.3. The number of hydrogen-bond donors (Lipinski definition) is 4. The van der Waals surface area contributed by atoms with E-state index in [0.717, 1.165) is 12.1 Å². The fraction of sp³-hybridized carbons (Fsp3) is 0.222. The molecule has 0 aromatic heterocycles. The lowest BCUT2D eigenvalue weighted by atomic mass is 10.1.